The van der Waals surface area contributed by atoms with Gasteiger partial charge < -0.3 is 36.4 Å². The van der Waals surface area contributed by atoms with Crippen LogP contribution < -0.4 is 5.73 Å². The van der Waals surface area contributed by atoms with Crippen molar-refractivity contribution in [2.45, 2.75) is 18.4 Å². The Balaban J connectivity index is 0. The molecule has 0 aromatic carbocycles. The van der Waals surface area contributed by atoms with Crippen LogP contribution in [0.15, 0.2) is 0 Å². The summed E-state index contributed by atoms with van der Waals surface area (Å²) in [5.41, 5.74) is 3.94. The molecule has 0 aliphatic carbocycles. The molecule has 118 valence electrons. The fourth-order valence-corrected chi connectivity index (χ4v) is 0.818. The number of aliphatic carboxylic acids is 3. The van der Waals surface area contributed by atoms with Crippen LogP contribution in [0.2, 0.25) is 0 Å². The van der Waals surface area contributed by atoms with E-state index < -0.39 is 62.0 Å². The lowest BCUT2D eigenvalue weighted by Gasteiger charge is -2.20. The number of rotatable bonds is 8. The predicted molar refractivity (Wildman–Crippen MR) is 63.8 cm³/mol. The lowest BCUT2D eigenvalue weighted by atomic mass is 10.0. The van der Waals surface area contributed by atoms with E-state index >= 15 is 0 Å². The minimum Gasteiger partial charge on any atom is -0.481 e. The fraction of sp³-hybridized carbons (Fsp3) is 0.700. The number of hydrogen-bond donors (Lipinski definition) is 7. The molecule has 0 rings (SSSR count). The Labute approximate surface area is 114 Å². The van der Waals surface area contributed by atoms with Crippen LogP contribution in [0.25, 0.3) is 0 Å². The van der Waals surface area contributed by atoms with Crippen molar-refractivity contribution in [2.75, 3.05) is 19.8 Å². The molecular formula is C10H19NO9. The van der Waals surface area contributed by atoms with Crippen molar-refractivity contribution in [1.82, 2.24) is 0 Å². The third-order valence-electron chi connectivity index (χ3n) is 2.14. The van der Waals surface area contributed by atoms with Crippen molar-refractivity contribution in [3.63, 3.8) is 0 Å². The summed E-state index contributed by atoms with van der Waals surface area (Å²) >= 11 is 0. The van der Waals surface area contributed by atoms with Gasteiger partial charge in [-0.3, -0.25) is 14.4 Å². The maximum Gasteiger partial charge on any atom is 0.307 e. The van der Waals surface area contributed by atoms with E-state index in [2.05, 4.69) is 0 Å². The molecule has 0 aliphatic heterocycles. The maximum absolute atomic E-state index is 10.2. The number of carbonyl (C=O) groups is 3. The second-order valence-electron chi connectivity index (χ2n) is 4.07. The third kappa shape index (κ3) is 10.2. The van der Waals surface area contributed by atoms with E-state index in [4.69, 9.17) is 36.4 Å². The van der Waals surface area contributed by atoms with Gasteiger partial charge in [0.2, 0.25) is 0 Å². The highest BCUT2D eigenvalue weighted by atomic mass is 16.4. The smallest absolute Gasteiger partial charge is 0.307 e. The Hall–Kier alpha value is -1.75. The zero-order valence-electron chi connectivity index (χ0n) is 10.6. The summed E-state index contributed by atoms with van der Waals surface area (Å²) < 4.78 is 0. The van der Waals surface area contributed by atoms with E-state index in [1.54, 1.807) is 0 Å². The average molecular weight is 297 g/mol. The highest BCUT2D eigenvalue weighted by Crippen LogP contribution is 2.08. The molecule has 0 aromatic rings. The van der Waals surface area contributed by atoms with Gasteiger partial charge in [0.1, 0.15) is 0 Å². The largest absolute Gasteiger partial charge is 0.481 e. The first kappa shape index (κ1) is 20.6. The Morgan fingerprint density at radius 2 is 1.15 bits per heavy atom. The van der Waals surface area contributed by atoms with Gasteiger partial charge >= 0.3 is 17.9 Å². The first-order chi connectivity index (χ1) is 9.11. The van der Waals surface area contributed by atoms with Crippen LogP contribution in [-0.2, 0) is 14.4 Å². The van der Waals surface area contributed by atoms with Gasteiger partial charge in [0.05, 0.1) is 44.1 Å². The van der Waals surface area contributed by atoms with Crippen molar-refractivity contribution in [1.29, 1.82) is 0 Å². The maximum atomic E-state index is 10.2. The van der Waals surface area contributed by atoms with Gasteiger partial charge in [-0.25, -0.2) is 0 Å². The quantitative estimate of drug-likeness (QED) is 0.247. The number of nitrogens with two attached hydrogens (primary N) is 1. The summed E-state index contributed by atoms with van der Waals surface area (Å²) in [5.74, 6) is -5.38. The summed E-state index contributed by atoms with van der Waals surface area (Å²) in [5, 5.41) is 49.7. The van der Waals surface area contributed by atoms with Gasteiger partial charge in [-0.1, -0.05) is 0 Å². The Kier molecular flexibility index (Phi) is 10.4. The minimum atomic E-state index is -1.40. The summed E-state index contributed by atoms with van der Waals surface area (Å²) in [6.07, 6.45) is -1.33. The van der Waals surface area contributed by atoms with Gasteiger partial charge in [-0.15, -0.1) is 0 Å². The molecule has 20 heavy (non-hydrogen) atoms. The number of carboxylic acid groups (broad SMARTS) is 3. The number of aliphatic hydroxyl groups excluding tert-OH is 3. The standard InChI is InChI=1S/C6H8O6.C4H11NO3/c7-4(8)1-3(6(11)12)2-5(9)10;5-4(1-6,2-7)3-8/h3H,1-2H2,(H,7,8)(H,9,10)(H,11,12);6-8H,1-3,5H2. The van der Waals surface area contributed by atoms with Crippen LogP contribution in [0.5, 0.6) is 0 Å². The van der Waals surface area contributed by atoms with Crippen LogP contribution in [0.1, 0.15) is 12.8 Å². The van der Waals surface area contributed by atoms with Gasteiger partial charge in [-0.05, 0) is 0 Å². The highest BCUT2D eigenvalue weighted by molar-refractivity contribution is 5.82. The number of aliphatic hydroxyl groups is 3. The van der Waals surface area contributed by atoms with E-state index in [1.807, 2.05) is 0 Å². The predicted octanol–water partition coefficient (Wildman–Crippen LogP) is -2.70. The Morgan fingerprint density at radius 1 is 0.850 bits per heavy atom. The monoisotopic (exact) mass is 297 g/mol. The van der Waals surface area contributed by atoms with E-state index in [-0.39, 0.29) is 0 Å². The van der Waals surface area contributed by atoms with Crippen molar-refractivity contribution >= 4 is 17.9 Å². The zero-order valence-corrected chi connectivity index (χ0v) is 10.6. The second kappa shape index (κ2) is 10.1. The molecule has 0 saturated heterocycles. The summed E-state index contributed by atoms with van der Waals surface area (Å²) in [4.78, 5) is 30.3. The molecule has 0 saturated carbocycles. The molecular weight excluding hydrogens is 278 g/mol. The Bertz CT molecular complexity index is 302. The molecule has 8 N–H and O–H groups in total. The van der Waals surface area contributed by atoms with E-state index in [9.17, 15) is 14.4 Å². The summed E-state index contributed by atoms with van der Waals surface area (Å²) in [7, 11) is 0. The number of carboxylic acids is 3. The molecule has 0 aromatic heterocycles. The van der Waals surface area contributed by atoms with Crippen molar-refractivity contribution in [3.05, 3.63) is 0 Å². The molecule has 10 heteroatoms. The van der Waals surface area contributed by atoms with Crippen LogP contribution in [0, 0.1) is 5.92 Å². The second-order valence-corrected chi connectivity index (χ2v) is 4.07. The van der Waals surface area contributed by atoms with E-state index in [0.717, 1.165) is 0 Å². The molecule has 10 nitrogen and oxygen atoms in total. The molecule has 0 fully saturated rings. The highest BCUT2D eigenvalue weighted by Gasteiger charge is 2.23. The molecule has 0 atom stereocenters. The van der Waals surface area contributed by atoms with Crippen molar-refractivity contribution in [3.8, 4) is 0 Å². The van der Waals surface area contributed by atoms with Crippen LogP contribution in [0.3, 0.4) is 0 Å². The normalized spacial score (nSPS) is 10.7. The van der Waals surface area contributed by atoms with Crippen molar-refractivity contribution < 1.29 is 45.0 Å². The summed E-state index contributed by atoms with van der Waals surface area (Å²) in [6, 6.07) is 0. The fourth-order valence-electron chi connectivity index (χ4n) is 0.818. The van der Waals surface area contributed by atoms with E-state index in [1.165, 1.54) is 0 Å². The molecule has 0 heterocycles. The van der Waals surface area contributed by atoms with E-state index in [0.29, 0.717) is 0 Å². The first-order valence-corrected chi connectivity index (χ1v) is 5.39. The third-order valence-corrected chi connectivity index (χ3v) is 2.14. The lowest BCUT2D eigenvalue weighted by molar-refractivity contribution is -0.152. The van der Waals surface area contributed by atoms with Gasteiger partial charge in [0.15, 0.2) is 0 Å². The minimum absolute atomic E-state index is 0.403. The molecule has 0 radical (unpaired) electrons. The van der Waals surface area contributed by atoms with Gasteiger partial charge in [0, 0.05) is 0 Å². The molecule has 0 amide bonds. The molecule has 0 bridgehead atoms. The molecule has 0 spiro atoms. The lowest BCUT2D eigenvalue weighted by Crippen LogP contribution is -2.50. The van der Waals surface area contributed by atoms with Crippen LogP contribution >= 0.6 is 0 Å². The molecule has 0 unspecified atom stereocenters. The zero-order chi connectivity index (χ0) is 16.3. The summed E-state index contributed by atoms with van der Waals surface area (Å²) in [6.45, 7) is -1.21. The van der Waals surface area contributed by atoms with Gasteiger partial charge in [-0.2, -0.15) is 0 Å². The van der Waals surface area contributed by atoms with Gasteiger partial charge in [0.25, 0.3) is 0 Å². The van der Waals surface area contributed by atoms with Crippen LogP contribution in [0.4, 0.5) is 0 Å². The SMILES string of the molecule is NC(CO)(CO)CO.O=C(O)CC(CC(=O)O)C(=O)O. The molecule has 0 aliphatic rings. The topological polar surface area (TPSA) is 199 Å². The van der Waals surface area contributed by atoms with Crippen LogP contribution in [-0.4, -0.2) is 73.9 Å². The average Bonchev–Trinajstić information content (AvgIpc) is 2.36. The first-order valence-electron chi connectivity index (χ1n) is 5.39. The number of hydrogen-bond acceptors (Lipinski definition) is 7. The van der Waals surface area contributed by atoms with Crippen molar-refractivity contribution in [2.24, 2.45) is 11.7 Å². The Morgan fingerprint density at radius 3 is 1.25 bits per heavy atom.